The molecule has 1 saturated heterocycles. The van der Waals surface area contributed by atoms with Crippen LogP contribution in [0.1, 0.15) is 39.2 Å². The van der Waals surface area contributed by atoms with Crippen LogP contribution in [-0.4, -0.2) is 29.9 Å². The molecule has 1 N–H and O–H groups in total. The fourth-order valence-corrected chi connectivity index (χ4v) is 2.62. The van der Waals surface area contributed by atoms with Gasteiger partial charge in [-0.3, -0.25) is 4.79 Å². The molecule has 0 spiro atoms. The number of nitriles is 1. The highest BCUT2D eigenvalue weighted by Gasteiger charge is 2.21. The number of nitrogens with one attached hydrogen (secondary N) is 1. The summed E-state index contributed by atoms with van der Waals surface area (Å²) in [6, 6.07) is 10.8. The summed E-state index contributed by atoms with van der Waals surface area (Å²) in [6.45, 7) is 7.13. The lowest BCUT2D eigenvalue weighted by atomic mass is 9.86. The Kier molecular flexibility index (Phi) is 4.52. The van der Waals surface area contributed by atoms with Crippen LogP contribution < -0.4 is 5.32 Å². The largest absolute Gasteiger partial charge is 0.382 e. The topological polar surface area (TPSA) is 56.1 Å². The monoisotopic (exact) mass is 285 g/mol. The van der Waals surface area contributed by atoms with E-state index < -0.39 is 5.41 Å². The van der Waals surface area contributed by atoms with E-state index in [1.807, 2.05) is 43.0 Å². The predicted molar refractivity (Wildman–Crippen MR) is 84.0 cm³/mol. The first-order valence-electron chi connectivity index (χ1n) is 7.46. The Hall–Kier alpha value is -2.02. The number of hydrogen-bond donors (Lipinski definition) is 1. The lowest BCUT2D eigenvalue weighted by Crippen LogP contribution is -2.41. The van der Waals surface area contributed by atoms with Crippen LogP contribution in [0.5, 0.6) is 0 Å². The fourth-order valence-electron chi connectivity index (χ4n) is 2.62. The lowest BCUT2D eigenvalue weighted by molar-refractivity contribution is -0.129. The van der Waals surface area contributed by atoms with Crippen molar-refractivity contribution < 1.29 is 4.79 Å². The summed E-state index contributed by atoms with van der Waals surface area (Å²) in [5.74, 6) is 0.163. The highest BCUT2D eigenvalue weighted by atomic mass is 16.2. The normalized spacial score (nSPS) is 16.4. The Morgan fingerprint density at radius 2 is 1.86 bits per heavy atom. The molecular weight excluding hydrogens is 262 g/mol. The van der Waals surface area contributed by atoms with Crippen LogP contribution in [0.2, 0.25) is 0 Å². The van der Waals surface area contributed by atoms with Crippen molar-refractivity contribution in [3.63, 3.8) is 0 Å². The molecule has 1 aliphatic heterocycles. The number of hydrogen-bond acceptors (Lipinski definition) is 3. The Bertz CT molecular complexity index is 534. The number of nitrogens with zero attached hydrogens (tertiary/aromatic N) is 2. The van der Waals surface area contributed by atoms with Gasteiger partial charge in [0.2, 0.25) is 5.91 Å². The number of benzene rings is 1. The standard InChI is InChI=1S/C17H23N3O/c1-13(21)20-10-8-16(9-11-20)19-15-6-4-14(5-7-15)17(2,3)12-18/h4-7,16,19H,8-11H2,1-3H3. The first-order chi connectivity index (χ1) is 9.92. The zero-order chi connectivity index (χ0) is 15.5. The molecule has 4 nitrogen and oxygen atoms in total. The third-order valence-corrected chi connectivity index (χ3v) is 4.20. The average molecular weight is 285 g/mol. The van der Waals surface area contributed by atoms with Gasteiger partial charge in [-0.25, -0.2) is 0 Å². The smallest absolute Gasteiger partial charge is 0.219 e. The van der Waals surface area contributed by atoms with E-state index in [1.165, 1.54) is 0 Å². The summed E-state index contributed by atoms with van der Waals surface area (Å²) in [5.41, 5.74) is 1.65. The van der Waals surface area contributed by atoms with Crippen LogP contribution in [0.15, 0.2) is 24.3 Å². The first kappa shape index (κ1) is 15.4. The van der Waals surface area contributed by atoms with Crippen molar-refractivity contribution in [1.82, 2.24) is 4.90 Å². The molecule has 1 fully saturated rings. The summed E-state index contributed by atoms with van der Waals surface area (Å²) in [6.07, 6.45) is 1.95. The van der Waals surface area contributed by atoms with Crippen molar-refractivity contribution >= 4 is 11.6 Å². The summed E-state index contributed by atoms with van der Waals surface area (Å²) < 4.78 is 0. The van der Waals surface area contributed by atoms with Crippen molar-refractivity contribution in [2.24, 2.45) is 0 Å². The van der Waals surface area contributed by atoms with Crippen LogP contribution in [0, 0.1) is 11.3 Å². The van der Waals surface area contributed by atoms with E-state index in [1.54, 1.807) is 6.92 Å². The number of carbonyl (C=O) groups excluding carboxylic acids is 1. The van der Waals surface area contributed by atoms with E-state index >= 15 is 0 Å². The highest BCUT2D eigenvalue weighted by Crippen LogP contribution is 2.24. The second-order valence-electron chi connectivity index (χ2n) is 6.24. The minimum atomic E-state index is -0.453. The predicted octanol–water partition coefficient (Wildman–Crippen LogP) is 2.91. The van der Waals surface area contributed by atoms with Crippen molar-refractivity contribution in [2.75, 3.05) is 18.4 Å². The Morgan fingerprint density at radius 1 is 1.29 bits per heavy atom. The van der Waals surface area contributed by atoms with Crippen LogP contribution in [0.25, 0.3) is 0 Å². The van der Waals surface area contributed by atoms with Crippen molar-refractivity contribution in [2.45, 2.75) is 45.1 Å². The van der Waals surface area contributed by atoms with Gasteiger partial charge in [0.25, 0.3) is 0 Å². The highest BCUT2D eigenvalue weighted by molar-refractivity contribution is 5.73. The van der Waals surface area contributed by atoms with Gasteiger partial charge >= 0.3 is 0 Å². The molecule has 0 radical (unpaired) electrons. The molecule has 0 unspecified atom stereocenters. The molecule has 0 aromatic heterocycles. The Morgan fingerprint density at radius 3 is 2.33 bits per heavy atom. The van der Waals surface area contributed by atoms with Gasteiger partial charge in [0.15, 0.2) is 0 Å². The molecule has 0 atom stereocenters. The van der Waals surface area contributed by atoms with Gasteiger partial charge in [-0.05, 0) is 44.4 Å². The first-order valence-corrected chi connectivity index (χ1v) is 7.46. The van der Waals surface area contributed by atoms with E-state index in [2.05, 4.69) is 11.4 Å². The fraction of sp³-hybridized carbons (Fsp3) is 0.529. The third-order valence-electron chi connectivity index (χ3n) is 4.20. The van der Waals surface area contributed by atoms with E-state index in [9.17, 15) is 4.79 Å². The molecule has 4 heteroatoms. The maximum absolute atomic E-state index is 11.3. The number of rotatable bonds is 3. The van der Waals surface area contributed by atoms with Gasteiger partial charge in [0.1, 0.15) is 0 Å². The van der Waals surface area contributed by atoms with Gasteiger partial charge < -0.3 is 10.2 Å². The molecule has 1 aromatic carbocycles. The SMILES string of the molecule is CC(=O)N1CCC(Nc2ccc(C(C)(C)C#N)cc2)CC1. The third kappa shape index (κ3) is 3.75. The number of amides is 1. The van der Waals surface area contributed by atoms with Crippen molar-refractivity contribution in [3.05, 3.63) is 29.8 Å². The van der Waals surface area contributed by atoms with Crippen LogP contribution >= 0.6 is 0 Å². The maximum Gasteiger partial charge on any atom is 0.219 e. The molecule has 1 aromatic rings. The van der Waals surface area contributed by atoms with Gasteiger partial charge in [-0.15, -0.1) is 0 Å². The van der Waals surface area contributed by atoms with E-state index in [-0.39, 0.29) is 5.91 Å². The molecule has 1 amide bonds. The minimum absolute atomic E-state index is 0.163. The summed E-state index contributed by atoms with van der Waals surface area (Å²) >= 11 is 0. The van der Waals surface area contributed by atoms with Gasteiger partial charge in [0, 0.05) is 31.7 Å². The van der Waals surface area contributed by atoms with E-state index in [4.69, 9.17) is 5.26 Å². The van der Waals surface area contributed by atoms with Crippen LogP contribution in [-0.2, 0) is 10.2 Å². The average Bonchev–Trinajstić information content (AvgIpc) is 2.48. The summed E-state index contributed by atoms with van der Waals surface area (Å²) in [7, 11) is 0. The second-order valence-corrected chi connectivity index (χ2v) is 6.24. The van der Waals surface area contributed by atoms with Crippen LogP contribution in [0.4, 0.5) is 5.69 Å². The van der Waals surface area contributed by atoms with Gasteiger partial charge in [-0.2, -0.15) is 5.26 Å². The zero-order valence-corrected chi connectivity index (χ0v) is 13.0. The minimum Gasteiger partial charge on any atom is -0.382 e. The van der Waals surface area contributed by atoms with Crippen LogP contribution in [0.3, 0.4) is 0 Å². The lowest BCUT2D eigenvalue weighted by Gasteiger charge is -2.32. The summed E-state index contributed by atoms with van der Waals surface area (Å²) in [4.78, 5) is 13.2. The number of carbonyl (C=O) groups is 1. The molecule has 1 aliphatic rings. The van der Waals surface area contributed by atoms with Gasteiger partial charge in [0.05, 0.1) is 11.5 Å². The summed E-state index contributed by atoms with van der Waals surface area (Å²) in [5, 5.41) is 12.7. The Labute approximate surface area is 126 Å². The quantitative estimate of drug-likeness (QED) is 0.929. The maximum atomic E-state index is 11.3. The molecule has 0 aliphatic carbocycles. The zero-order valence-electron chi connectivity index (χ0n) is 13.0. The number of likely N-dealkylation sites (tertiary alicyclic amines) is 1. The second kappa shape index (κ2) is 6.17. The number of piperidine rings is 1. The molecular formula is C17H23N3O. The van der Waals surface area contributed by atoms with Gasteiger partial charge in [-0.1, -0.05) is 12.1 Å². The molecule has 0 bridgehead atoms. The molecule has 1 heterocycles. The number of anilines is 1. The van der Waals surface area contributed by atoms with Crippen molar-refractivity contribution in [1.29, 1.82) is 5.26 Å². The molecule has 2 rings (SSSR count). The Balaban J connectivity index is 1.93. The molecule has 21 heavy (non-hydrogen) atoms. The van der Waals surface area contributed by atoms with E-state index in [0.29, 0.717) is 6.04 Å². The van der Waals surface area contributed by atoms with Crippen molar-refractivity contribution in [3.8, 4) is 6.07 Å². The molecule has 0 saturated carbocycles. The van der Waals surface area contributed by atoms with E-state index in [0.717, 1.165) is 37.2 Å². The molecule has 112 valence electrons.